The van der Waals surface area contributed by atoms with Gasteiger partial charge >= 0.3 is 0 Å². The zero-order chi connectivity index (χ0) is 18.9. The van der Waals surface area contributed by atoms with E-state index in [0.29, 0.717) is 0 Å². The molecule has 2 aromatic carbocycles. The van der Waals surface area contributed by atoms with Crippen molar-refractivity contribution in [2.24, 2.45) is 0 Å². The maximum Gasteiger partial charge on any atom is 0.143 e. The van der Waals surface area contributed by atoms with E-state index < -0.39 is 0 Å². The van der Waals surface area contributed by atoms with E-state index in [-0.39, 0.29) is 5.82 Å². The molecule has 0 atom stereocenters. The molecule has 2 aromatic heterocycles. The van der Waals surface area contributed by atoms with Gasteiger partial charge in [0.1, 0.15) is 22.8 Å². The zero-order valence-corrected chi connectivity index (χ0v) is 16.0. The highest BCUT2D eigenvalue weighted by molar-refractivity contribution is 7.17. The number of nitrogens with zero attached hydrogens (tertiary/aromatic N) is 3. The van der Waals surface area contributed by atoms with Crippen LogP contribution in [0.15, 0.2) is 60.2 Å². The number of thiophene rings is 1. The summed E-state index contributed by atoms with van der Waals surface area (Å²) in [7, 11) is 0. The van der Waals surface area contributed by atoms with Crippen molar-refractivity contribution in [3.63, 3.8) is 0 Å². The standard InChI is InChI=1S/C22H19FN4S/c23-16-5-3-15(4-6-16)19-13-28-22-20(19)21(24-14-25-22)26-17-7-9-18(10-8-17)27-11-1-2-12-27/h3-10,13-14H,1-2,11-12H2,(H,24,25,26). The van der Waals surface area contributed by atoms with Gasteiger partial charge in [0.25, 0.3) is 0 Å². The fourth-order valence-electron chi connectivity index (χ4n) is 3.68. The summed E-state index contributed by atoms with van der Waals surface area (Å²) in [4.78, 5) is 12.2. The van der Waals surface area contributed by atoms with Crippen LogP contribution in [0.3, 0.4) is 0 Å². The van der Waals surface area contributed by atoms with Gasteiger partial charge in [-0.05, 0) is 54.8 Å². The summed E-state index contributed by atoms with van der Waals surface area (Å²) in [6.45, 7) is 2.27. The molecule has 1 aliphatic rings. The number of nitrogens with one attached hydrogen (secondary N) is 1. The van der Waals surface area contributed by atoms with Crippen LogP contribution in [0.25, 0.3) is 21.3 Å². The fourth-order valence-corrected chi connectivity index (χ4v) is 4.60. The SMILES string of the molecule is Fc1ccc(-c2csc3ncnc(Nc4ccc(N5CCCC5)cc4)c23)cc1. The van der Waals surface area contributed by atoms with Gasteiger partial charge < -0.3 is 10.2 Å². The van der Waals surface area contributed by atoms with Crippen LogP contribution in [0.1, 0.15) is 12.8 Å². The summed E-state index contributed by atoms with van der Waals surface area (Å²) >= 11 is 1.57. The maximum absolute atomic E-state index is 13.3. The van der Waals surface area contributed by atoms with Gasteiger partial charge in [0.15, 0.2) is 0 Å². The summed E-state index contributed by atoms with van der Waals surface area (Å²) in [5.41, 5.74) is 4.21. The quantitative estimate of drug-likeness (QED) is 0.475. The highest BCUT2D eigenvalue weighted by atomic mass is 32.1. The molecule has 0 spiro atoms. The number of rotatable bonds is 4. The fraction of sp³-hybridized carbons (Fsp3) is 0.182. The van der Waals surface area contributed by atoms with Crippen molar-refractivity contribution in [2.45, 2.75) is 12.8 Å². The van der Waals surface area contributed by atoms with Crippen LogP contribution in [-0.2, 0) is 0 Å². The molecule has 0 amide bonds. The molecule has 1 fully saturated rings. The average molecular weight is 390 g/mol. The second-order valence-electron chi connectivity index (χ2n) is 6.92. The molecule has 0 saturated carbocycles. The van der Waals surface area contributed by atoms with E-state index >= 15 is 0 Å². The molecule has 0 aliphatic carbocycles. The van der Waals surface area contributed by atoms with Crippen molar-refractivity contribution < 1.29 is 4.39 Å². The van der Waals surface area contributed by atoms with Gasteiger partial charge in [0, 0.05) is 35.4 Å². The van der Waals surface area contributed by atoms with E-state index in [0.717, 1.165) is 45.9 Å². The number of benzene rings is 2. The molecular weight excluding hydrogens is 371 g/mol. The third-order valence-corrected chi connectivity index (χ3v) is 6.01. The summed E-state index contributed by atoms with van der Waals surface area (Å²) in [5.74, 6) is 0.524. The minimum absolute atomic E-state index is 0.240. The molecule has 0 unspecified atom stereocenters. The summed E-state index contributed by atoms with van der Waals surface area (Å²) in [6.07, 6.45) is 4.11. The summed E-state index contributed by atoms with van der Waals surface area (Å²) < 4.78 is 13.3. The Labute approximate surface area is 166 Å². The second kappa shape index (κ2) is 7.20. The number of fused-ring (bicyclic) bond motifs is 1. The Bertz CT molecular complexity index is 1100. The second-order valence-corrected chi connectivity index (χ2v) is 7.78. The lowest BCUT2D eigenvalue weighted by atomic mass is 10.1. The third kappa shape index (κ3) is 3.20. The van der Waals surface area contributed by atoms with E-state index in [1.54, 1.807) is 29.8 Å². The molecule has 6 heteroatoms. The number of anilines is 3. The van der Waals surface area contributed by atoms with Crippen molar-refractivity contribution in [3.8, 4) is 11.1 Å². The Hall–Kier alpha value is -2.99. The Balaban J connectivity index is 1.49. The molecule has 28 heavy (non-hydrogen) atoms. The monoisotopic (exact) mass is 390 g/mol. The van der Waals surface area contributed by atoms with Gasteiger partial charge in [-0.25, -0.2) is 14.4 Å². The topological polar surface area (TPSA) is 41.1 Å². The third-order valence-electron chi connectivity index (χ3n) is 5.13. The lowest BCUT2D eigenvalue weighted by Gasteiger charge is -2.18. The molecule has 5 rings (SSSR count). The highest BCUT2D eigenvalue weighted by Gasteiger charge is 2.15. The Morgan fingerprint density at radius 2 is 1.68 bits per heavy atom. The van der Waals surface area contributed by atoms with Crippen molar-refractivity contribution in [3.05, 3.63) is 66.1 Å². The number of aromatic nitrogens is 2. The summed E-state index contributed by atoms with van der Waals surface area (Å²) in [6, 6.07) is 15.0. The molecule has 140 valence electrons. The van der Waals surface area contributed by atoms with Crippen LogP contribution >= 0.6 is 11.3 Å². The minimum Gasteiger partial charge on any atom is -0.372 e. The van der Waals surface area contributed by atoms with E-state index in [1.165, 1.54) is 30.7 Å². The van der Waals surface area contributed by atoms with Crippen LogP contribution in [-0.4, -0.2) is 23.1 Å². The molecular formula is C22H19FN4S. The Morgan fingerprint density at radius 1 is 0.929 bits per heavy atom. The lowest BCUT2D eigenvalue weighted by Crippen LogP contribution is -2.17. The average Bonchev–Trinajstić information content (AvgIpc) is 3.40. The summed E-state index contributed by atoms with van der Waals surface area (Å²) in [5, 5.41) is 6.45. The molecule has 3 heterocycles. The normalized spacial score (nSPS) is 14.0. The Morgan fingerprint density at radius 3 is 2.43 bits per heavy atom. The first-order valence-corrected chi connectivity index (χ1v) is 10.3. The van der Waals surface area contributed by atoms with E-state index in [2.05, 4.69) is 44.5 Å². The number of halogens is 1. The first kappa shape index (κ1) is 17.1. The largest absolute Gasteiger partial charge is 0.372 e. The number of hydrogen-bond acceptors (Lipinski definition) is 5. The molecule has 1 N–H and O–H groups in total. The maximum atomic E-state index is 13.3. The van der Waals surface area contributed by atoms with Gasteiger partial charge in [-0.3, -0.25) is 0 Å². The van der Waals surface area contributed by atoms with Gasteiger partial charge in [-0.2, -0.15) is 0 Å². The minimum atomic E-state index is -0.240. The lowest BCUT2D eigenvalue weighted by molar-refractivity contribution is 0.628. The zero-order valence-electron chi connectivity index (χ0n) is 15.2. The molecule has 0 radical (unpaired) electrons. The van der Waals surface area contributed by atoms with E-state index in [9.17, 15) is 4.39 Å². The first-order valence-electron chi connectivity index (χ1n) is 9.38. The Kier molecular flexibility index (Phi) is 4.41. The predicted molar refractivity (Wildman–Crippen MR) is 114 cm³/mol. The van der Waals surface area contributed by atoms with Gasteiger partial charge in [-0.1, -0.05) is 12.1 Å². The van der Waals surface area contributed by atoms with Gasteiger partial charge in [0.2, 0.25) is 0 Å². The van der Waals surface area contributed by atoms with Crippen molar-refractivity contribution in [1.82, 2.24) is 9.97 Å². The number of hydrogen-bond donors (Lipinski definition) is 1. The molecule has 1 saturated heterocycles. The predicted octanol–water partition coefficient (Wildman–Crippen LogP) is 5.84. The van der Waals surface area contributed by atoms with Crippen LogP contribution in [0.5, 0.6) is 0 Å². The van der Waals surface area contributed by atoms with Crippen LogP contribution in [0.4, 0.5) is 21.6 Å². The molecule has 1 aliphatic heterocycles. The van der Waals surface area contributed by atoms with Gasteiger partial charge in [0.05, 0.1) is 5.39 Å². The van der Waals surface area contributed by atoms with Crippen molar-refractivity contribution >= 4 is 38.7 Å². The van der Waals surface area contributed by atoms with Gasteiger partial charge in [-0.15, -0.1) is 11.3 Å². The molecule has 4 nitrogen and oxygen atoms in total. The van der Waals surface area contributed by atoms with Crippen LogP contribution in [0, 0.1) is 5.82 Å². The van der Waals surface area contributed by atoms with Crippen molar-refractivity contribution in [2.75, 3.05) is 23.3 Å². The van der Waals surface area contributed by atoms with E-state index in [1.807, 2.05) is 5.38 Å². The van der Waals surface area contributed by atoms with E-state index in [4.69, 9.17) is 0 Å². The molecule has 0 bridgehead atoms. The smallest absolute Gasteiger partial charge is 0.143 e. The van der Waals surface area contributed by atoms with Crippen LogP contribution in [0.2, 0.25) is 0 Å². The highest BCUT2D eigenvalue weighted by Crippen LogP contribution is 2.37. The molecule has 4 aromatic rings. The first-order chi connectivity index (χ1) is 13.8. The van der Waals surface area contributed by atoms with Crippen molar-refractivity contribution in [1.29, 1.82) is 0 Å². The van der Waals surface area contributed by atoms with Crippen LogP contribution < -0.4 is 10.2 Å².